The van der Waals surface area contributed by atoms with E-state index in [1.165, 1.54) is 0 Å². The number of halogens is 1. The number of hydrogen-bond acceptors (Lipinski definition) is 5. The van der Waals surface area contributed by atoms with Gasteiger partial charge in [0, 0.05) is 12.7 Å². The minimum atomic E-state index is 0.267. The number of anilines is 1. The lowest BCUT2D eigenvalue weighted by Crippen LogP contribution is -2.12. The maximum absolute atomic E-state index is 5.90. The maximum Gasteiger partial charge on any atom is 0.224 e. The Balaban J connectivity index is 1.73. The third-order valence-corrected chi connectivity index (χ3v) is 3.75. The second kappa shape index (κ2) is 5.14. The number of aromatic nitrogens is 4. The zero-order valence-electron chi connectivity index (χ0n) is 10.3. The molecule has 0 amide bonds. The molecule has 1 N–H and O–H groups in total. The first kappa shape index (κ1) is 12.4. The third-order valence-electron chi connectivity index (χ3n) is 2.67. The van der Waals surface area contributed by atoms with E-state index in [4.69, 9.17) is 11.6 Å². The Labute approximate surface area is 119 Å². The van der Waals surface area contributed by atoms with Crippen LogP contribution in [0.3, 0.4) is 0 Å². The van der Waals surface area contributed by atoms with E-state index in [0.717, 1.165) is 34.7 Å². The van der Waals surface area contributed by atoms with E-state index in [1.807, 2.05) is 35.4 Å². The molecule has 0 spiro atoms. The van der Waals surface area contributed by atoms with Gasteiger partial charge in [-0.3, -0.25) is 4.68 Å². The zero-order valence-corrected chi connectivity index (χ0v) is 11.9. The molecular formula is C12H12ClN5S. The molecule has 0 unspecified atom stereocenters. The number of nitrogens with zero attached hydrogens (tertiary/aromatic N) is 4. The summed E-state index contributed by atoms with van der Waals surface area (Å²) in [5, 5.41) is 9.77. The minimum absolute atomic E-state index is 0.267. The van der Waals surface area contributed by atoms with E-state index in [0.29, 0.717) is 0 Å². The molecule has 0 radical (unpaired) electrons. The zero-order chi connectivity index (χ0) is 13.2. The van der Waals surface area contributed by atoms with Crippen molar-refractivity contribution in [3.8, 4) is 0 Å². The van der Waals surface area contributed by atoms with Gasteiger partial charge >= 0.3 is 0 Å². The van der Waals surface area contributed by atoms with Crippen LogP contribution in [0, 0.1) is 6.92 Å². The molecule has 7 heteroatoms. The molecule has 0 saturated heterocycles. The summed E-state index contributed by atoms with van der Waals surface area (Å²) in [6, 6.07) is 1.94. The van der Waals surface area contributed by atoms with Crippen LogP contribution < -0.4 is 5.32 Å². The second-order valence-electron chi connectivity index (χ2n) is 4.18. The van der Waals surface area contributed by atoms with E-state index >= 15 is 0 Å². The standard InChI is InChI=1S/C12H12ClN5S/c1-8-6-15-18(7-8)4-3-14-11-10-9(2-5-19-10)16-12(13)17-11/h2,5-7H,3-4H2,1H3,(H,14,16,17). The fraction of sp³-hybridized carbons (Fsp3) is 0.250. The highest BCUT2D eigenvalue weighted by molar-refractivity contribution is 7.17. The van der Waals surface area contributed by atoms with Crippen molar-refractivity contribution in [3.05, 3.63) is 34.7 Å². The molecule has 5 nitrogen and oxygen atoms in total. The highest BCUT2D eigenvalue weighted by atomic mass is 35.5. The van der Waals surface area contributed by atoms with Crippen LogP contribution >= 0.6 is 22.9 Å². The summed E-state index contributed by atoms with van der Waals surface area (Å²) in [4.78, 5) is 8.41. The first-order valence-corrected chi connectivity index (χ1v) is 7.12. The van der Waals surface area contributed by atoms with E-state index in [-0.39, 0.29) is 5.28 Å². The molecule has 0 saturated carbocycles. The molecular weight excluding hydrogens is 282 g/mol. The molecule has 3 rings (SSSR count). The Morgan fingerprint density at radius 3 is 3.11 bits per heavy atom. The molecule has 0 aliphatic carbocycles. The van der Waals surface area contributed by atoms with Crippen LogP contribution in [-0.2, 0) is 6.54 Å². The van der Waals surface area contributed by atoms with Gasteiger partial charge in [0.1, 0.15) is 5.82 Å². The van der Waals surface area contributed by atoms with Gasteiger partial charge in [-0.05, 0) is 35.5 Å². The smallest absolute Gasteiger partial charge is 0.224 e. The monoisotopic (exact) mass is 293 g/mol. The van der Waals surface area contributed by atoms with Gasteiger partial charge in [-0.2, -0.15) is 10.1 Å². The molecule has 3 aromatic heterocycles. The number of aryl methyl sites for hydroxylation is 1. The topological polar surface area (TPSA) is 55.6 Å². The third kappa shape index (κ3) is 2.69. The lowest BCUT2D eigenvalue weighted by Gasteiger charge is -2.06. The molecule has 19 heavy (non-hydrogen) atoms. The first-order chi connectivity index (χ1) is 9.22. The van der Waals surface area contributed by atoms with Crippen molar-refractivity contribution in [1.29, 1.82) is 0 Å². The predicted octanol–water partition coefficient (Wildman–Crippen LogP) is 2.96. The van der Waals surface area contributed by atoms with Crippen molar-refractivity contribution in [2.75, 3.05) is 11.9 Å². The lowest BCUT2D eigenvalue weighted by atomic mass is 10.4. The molecule has 3 heterocycles. The van der Waals surface area contributed by atoms with Crippen LogP contribution in [-0.4, -0.2) is 26.3 Å². The molecule has 0 aliphatic heterocycles. The largest absolute Gasteiger partial charge is 0.367 e. The normalized spacial score (nSPS) is 11.1. The van der Waals surface area contributed by atoms with E-state index < -0.39 is 0 Å². The van der Waals surface area contributed by atoms with Gasteiger partial charge in [0.25, 0.3) is 0 Å². The van der Waals surface area contributed by atoms with Gasteiger partial charge in [0.2, 0.25) is 5.28 Å². The van der Waals surface area contributed by atoms with Crippen molar-refractivity contribution in [1.82, 2.24) is 19.7 Å². The predicted molar refractivity (Wildman–Crippen MR) is 77.9 cm³/mol. The van der Waals surface area contributed by atoms with E-state index in [9.17, 15) is 0 Å². The number of fused-ring (bicyclic) bond motifs is 1. The summed E-state index contributed by atoms with van der Waals surface area (Å²) < 4.78 is 2.93. The van der Waals surface area contributed by atoms with Gasteiger partial charge in [-0.1, -0.05) is 0 Å². The van der Waals surface area contributed by atoms with Gasteiger partial charge in [0.05, 0.1) is 23.0 Å². The molecule has 0 aromatic carbocycles. The van der Waals surface area contributed by atoms with Crippen LogP contribution in [0.5, 0.6) is 0 Å². The van der Waals surface area contributed by atoms with Crippen LogP contribution in [0.15, 0.2) is 23.8 Å². The quantitative estimate of drug-likeness (QED) is 0.752. The van der Waals surface area contributed by atoms with Crippen molar-refractivity contribution in [2.45, 2.75) is 13.5 Å². The fourth-order valence-corrected chi connectivity index (χ4v) is 2.81. The fourth-order valence-electron chi connectivity index (χ4n) is 1.83. The molecule has 0 bridgehead atoms. The molecule has 0 atom stereocenters. The van der Waals surface area contributed by atoms with Gasteiger partial charge < -0.3 is 5.32 Å². The van der Waals surface area contributed by atoms with Crippen molar-refractivity contribution < 1.29 is 0 Å². The van der Waals surface area contributed by atoms with Crippen LogP contribution in [0.25, 0.3) is 10.2 Å². The summed E-state index contributed by atoms with van der Waals surface area (Å²) in [7, 11) is 0. The minimum Gasteiger partial charge on any atom is -0.367 e. The average Bonchev–Trinajstić information content (AvgIpc) is 2.98. The summed E-state index contributed by atoms with van der Waals surface area (Å²) in [5.74, 6) is 0.786. The van der Waals surface area contributed by atoms with Gasteiger partial charge in [-0.25, -0.2) is 4.98 Å². The number of hydrogen-bond donors (Lipinski definition) is 1. The van der Waals surface area contributed by atoms with Gasteiger partial charge in [0.15, 0.2) is 0 Å². The molecule has 3 aromatic rings. The first-order valence-electron chi connectivity index (χ1n) is 5.86. The molecule has 0 fully saturated rings. The Morgan fingerprint density at radius 1 is 1.42 bits per heavy atom. The summed E-state index contributed by atoms with van der Waals surface area (Å²) >= 11 is 7.51. The number of rotatable bonds is 4. The Morgan fingerprint density at radius 2 is 2.32 bits per heavy atom. The highest BCUT2D eigenvalue weighted by Crippen LogP contribution is 2.26. The number of nitrogens with one attached hydrogen (secondary N) is 1. The van der Waals surface area contributed by atoms with E-state index in [1.54, 1.807) is 11.3 Å². The summed E-state index contributed by atoms with van der Waals surface area (Å²) in [6.45, 7) is 3.54. The van der Waals surface area contributed by atoms with E-state index in [2.05, 4.69) is 20.4 Å². The SMILES string of the molecule is Cc1cnn(CCNc2nc(Cl)nc3ccsc23)c1. The van der Waals surface area contributed by atoms with Crippen molar-refractivity contribution in [3.63, 3.8) is 0 Å². The maximum atomic E-state index is 5.90. The molecule has 0 aliphatic rings. The Hall–Kier alpha value is -1.66. The molecule has 98 valence electrons. The Bertz CT molecular complexity index is 705. The van der Waals surface area contributed by atoms with Crippen molar-refractivity contribution in [2.24, 2.45) is 0 Å². The second-order valence-corrected chi connectivity index (χ2v) is 5.44. The highest BCUT2D eigenvalue weighted by Gasteiger charge is 2.07. The van der Waals surface area contributed by atoms with Gasteiger partial charge in [-0.15, -0.1) is 11.3 Å². The van der Waals surface area contributed by atoms with Crippen LogP contribution in [0.1, 0.15) is 5.56 Å². The lowest BCUT2D eigenvalue weighted by molar-refractivity contribution is 0.637. The van der Waals surface area contributed by atoms with Crippen molar-refractivity contribution >= 4 is 39.0 Å². The Kier molecular flexibility index (Phi) is 3.35. The summed E-state index contributed by atoms with van der Waals surface area (Å²) in [5.41, 5.74) is 2.04. The average molecular weight is 294 g/mol. The van der Waals surface area contributed by atoms with Crippen LogP contribution in [0.2, 0.25) is 5.28 Å². The van der Waals surface area contributed by atoms with Crippen LogP contribution in [0.4, 0.5) is 5.82 Å². The summed E-state index contributed by atoms with van der Waals surface area (Å²) in [6.07, 6.45) is 3.86. The number of thiophene rings is 1.